The monoisotopic (exact) mass is 154 g/mol. The number of nitrogens with two attached hydrogens (primary N) is 1. The van der Waals surface area contributed by atoms with E-state index in [1.807, 2.05) is 0 Å². The standard InChI is InChI=1S/C7H14N4/c1-6-3-10-4-9(2)5-11(10)7(6)8/h3-5,8H2,1-2H3. The van der Waals surface area contributed by atoms with E-state index < -0.39 is 0 Å². The summed E-state index contributed by atoms with van der Waals surface area (Å²) < 4.78 is 0. The lowest BCUT2D eigenvalue weighted by atomic mass is 10.3. The highest BCUT2D eigenvalue weighted by Gasteiger charge is 2.32. The van der Waals surface area contributed by atoms with Gasteiger partial charge in [0.2, 0.25) is 0 Å². The molecular weight excluding hydrogens is 140 g/mol. The van der Waals surface area contributed by atoms with E-state index in [0.29, 0.717) is 0 Å². The van der Waals surface area contributed by atoms with Gasteiger partial charge in [0.25, 0.3) is 0 Å². The van der Waals surface area contributed by atoms with Crippen molar-refractivity contribution >= 4 is 0 Å². The number of hydrogen-bond acceptors (Lipinski definition) is 4. The van der Waals surface area contributed by atoms with Crippen LogP contribution in [0.1, 0.15) is 6.92 Å². The minimum Gasteiger partial charge on any atom is -0.384 e. The van der Waals surface area contributed by atoms with Crippen LogP contribution in [0.25, 0.3) is 0 Å². The van der Waals surface area contributed by atoms with E-state index in [0.717, 1.165) is 25.7 Å². The predicted molar refractivity (Wildman–Crippen MR) is 42.9 cm³/mol. The number of hydrogen-bond donors (Lipinski definition) is 1. The Morgan fingerprint density at radius 3 is 2.73 bits per heavy atom. The summed E-state index contributed by atoms with van der Waals surface area (Å²) in [6.07, 6.45) is 0. The zero-order chi connectivity index (χ0) is 8.01. The van der Waals surface area contributed by atoms with Crippen molar-refractivity contribution in [3.63, 3.8) is 0 Å². The molecule has 0 spiro atoms. The van der Waals surface area contributed by atoms with E-state index in [1.165, 1.54) is 5.57 Å². The van der Waals surface area contributed by atoms with Crippen molar-refractivity contribution in [2.45, 2.75) is 6.92 Å². The Hall–Kier alpha value is -0.740. The first-order chi connectivity index (χ1) is 5.18. The highest BCUT2D eigenvalue weighted by atomic mass is 15.8. The molecule has 0 radical (unpaired) electrons. The lowest BCUT2D eigenvalue weighted by Crippen LogP contribution is -2.32. The lowest BCUT2D eigenvalue weighted by Gasteiger charge is -2.19. The van der Waals surface area contributed by atoms with Crippen LogP contribution in [0.2, 0.25) is 0 Å². The molecule has 0 atom stereocenters. The minimum atomic E-state index is 0.934. The summed E-state index contributed by atoms with van der Waals surface area (Å²) in [4.78, 5) is 2.24. The molecule has 0 amide bonds. The van der Waals surface area contributed by atoms with Gasteiger partial charge in [-0.05, 0) is 19.5 Å². The fraction of sp³-hybridized carbons (Fsp3) is 0.714. The zero-order valence-corrected chi connectivity index (χ0v) is 7.04. The molecule has 1 fully saturated rings. The summed E-state index contributed by atoms with van der Waals surface area (Å²) in [5.41, 5.74) is 7.15. The van der Waals surface area contributed by atoms with E-state index in [2.05, 4.69) is 28.9 Å². The van der Waals surface area contributed by atoms with Crippen molar-refractivity contribution < 1.29 is 0 Å². The second-order valence-electron chi connectivity index (χ2n) is 3.37. The van der Waals surface area contributed by atoms with Crippen molar-refractivity contribution in [3.8, 4) is 0 Å². The molecular formula is C7H14N4. The van der Waals surface area contributed by atoms with Crippen molar-refractivity contribution in [1.82, 2.24) is 14.9 Å². The van der Waals surface area contributed by atoms with Gasteiger partial charge in [0, 0.05) is 6.54 Å². The molecule has 0 bridgehead atoms. The molecule has 4 nitrogen and oxygen atoms in total. The largest absolute Gasteiger partial charge is 0.384 e. The first-order valence-corrected chi connectivity index (χ1v) is 3.84. The molecule has 2 heterocycles. The van der Waals surface area contributed by atoms with E-state index in [9.17, 15) is 0 Å². The molecule has 0 aromatic carbocycles. The normalized spacial score (nSPS) is 26.9. The summed E-state index contributed by atoms with van der Waals surface area (Å²) in [6.45, 7) is 5.02. The van der Waals surface area contributed by atoms with Crippen LogP contribution in [0.3, 0.4) is 0 Å². The quantitative estimate of drug-likeness (QED) is 0.513. The molecule has 0 unspecified atom stereocenters. The molecule has 1 saturated heterocycles. The van der Waals surface area contributed by atoms with Crippen LogP contribution in [0.5, 0.6) is 0 Å². The van der Waals surface area contributed by atoms with Crippen LogP contribution in [0.15, 0.2) is 11.4 Å². The van der Waals surface area contributed by atoms with Crippen LogP contribution >= 0.6 is 0 Å². The molecule has 2 aliphatic heterocycles. The molecule has 62 valence electrons. The van der Waals surface area contributed by atoms with Gasteiger partial charge in [-0.15, -0.1) is 0 Å². The van der Waals surface area contributed by atoms with Gasteiger partial charge in [-0.25, -0.2) is 5.01 Å². The van der Waals surface area contributed by atoms with Crippen molar-refractivity contribution in [1.29, 1.82) is 0 Å². The third-order valence-corrected chi connectivity index (χ3v) is 2.26. The Balaban J connectivity index is 2.18. The van der Waals surface area contributed by atoms with Gasteiger partial charge in [-0.1, -0.05) is 0 Å². The average Bonchev–Trinajstić information content (AvgIpc) is 2.37. The van der Waals surface area contributed by atoms with E-state index in [-0.39, 0.29) is 0 Å². The fourth-order valence-electron chi connectivity index (χ4n) is 1.66. The zero-order valence-electron chi connectivity index (χ0n) is 7.04. The van der Waals surface area contributed by atoms with Crippen LogP contribution in [0.4, 0.5) is 0 Å². The summed E-state index contributed by atoms with van der Waals surface area (Å²) >= 11 is 0. The average molecular weight is 154 g/mol. The number of hydrazine groups is 1. The molecule has 2 N–H and O–H groups in total. The maximum absolute atomic E-state index is 5.86. The Kier molecular flexibility index (Phi) is 1.34. The van der Waals surface area contributed by atoms with E-state index >= 15 is 0 Å². The second-order valence-corrected chi connectivity index (χ2v) is 3.37. The maximum Gasteiger partial charge on any atom is 0.115 e. The third kappa shape index (κ3) is 0.902. The molecule has 11 heavy (non-hydrogen) atoms. The minimum absolute atomic E-state index is 0.934. The Morgan fingerprint density at radius 1 is 1.36 bits per heavy atom. The van der Waals surface area contributed by atoms with Crippen LogP contribution in [0, 0.1) is 0 Å². The molecule has 2 rings (SSSR count). The number of rotatable bonds is 0. The Bertz CT molecular complexity index is 210. The first-order valence-electron chi connectivity index (χ1n) is 3.84. The first kappa shape index (κ1) is 6.94. The summed E-state index contributed by atoms with van der Waals surface area (Å²) in [5.74, 6) is 0.939. The maximum atomic E-state index is 5.86. The summed E-state index contributed by atoms with van der Waals surface area (Å²) in [6, 6.07) is 0. The summed E-state index contributed by atoms with van der Waals surface area (Å²) in [7, 11) is 2.10. The summed E-state index contributed by atoms with van der Waals surface area (Å²) in [5, 5.41) is 4.39. The topological polar surface area (TPSA) is 35.7 Å². The molecule has 2 aliphatic rings. The van der Waals surface area contributed by atoms with Gasteiger partial charge in [-0.2, -0.15) is 0 Å². The van der Waals surface area contributed by atoms with E-state index in [4.69, 9.17) is 5.73 Å². The lowest BCUT2D eigenvalue weighted by molar-refractivity contribution is 0.101. The SMILES string of the molecule is CC1=C(N)N2CN(C)CN2C1. The predicted octanol–water partition coefficient (Wildman–Crippen LogP) is -0.430. The van der Waals surface area contributed by atoms with Crippen molar-refractivity contribution in [2.24, 2.45) is 5.73 Å². The van der Waals surface area contributed by atoms with E-state index in [1.54, 1.807) is 0 Å². The molecule has 0 aromatic rings. The highest BCUT2D eigenvalue weighted by molar-refractivity contribution is 5.14. The van der Waals surface area contributed by atoms with Gasteiger partial charge < -0.3 is 5.73 Å². The smallest absolute Gasteiger partial charge is 0.115 e. The molecule has 4 heteroatoms. The van der Waals surface area contributed by atoms with Crippen LogP contribution < -0.4 is 5.73 Å². The van der Waals surface area contributed by atoms with Crippen molar-refractivity contribution in [3.05, 3.63) is 11.4 Å². The second kappa shape index (κ2) is 2.12. The van der Waals surface area contributed by atoms with Gasteiger partial charge in [0.15, 0.2) is 0 Å². The number of nitrogens with zero attached hydrogens (tertiary/aromatic N) is 3. The van der Waals surface area contributed by atoms with Gasteiger partial charge in [0.05, 0.1) is 13.3 Å². The van der Waals surface area contributed by atoms with Crippen LogP contribution in [-0.4, -0.2) is 41.8 Å². The van der Waals surface area contributed by atoms with Gasteiger partial charge in [-0.3, -0.25) is 9.91 Å². The molecule has 0 aliphatic carbocycles. The fourth-order valence-corrected chi connectivity index (χ4v) is 1.66. The van der Waals surface area contributed by atoms with Crippen molar-refractivity contribution in [2.75, 3.05) is 26.9 Å². The van der Waals surface area contributed by atoms with Gasteiger partial charge >= 0.3 is 0 Å². The molecule has 0 saturated carbocycles. The highest BCUT2D eigenvalue weighted by Crippen LogP contribution is 2.23. The Morgan fingerprint density at radius 2 is 2.09 bits per heavy atom. The Labute approximate surface area is 66.8 Å². The number of fused-ring (bicyclic) bond motifs is 1. The van der Waals surface area contributed by atoms with Crippen LogP contribution in [-0.2, 0) is 0 Å². The third-order valence-electron chi connectivity index (χ3n) is 2.26. The van der Waals surface area contributed by atoms with Gasteiger partial charge in [0.1, 0.15) is 5.82 Å². The molecule has 0 aromatic heterocycles.